The van der Waals surface area contributed by atoms with Crippen LogP contribution in [-0.2, 0) is 0 Å². The Morgan fingerprint density at radius 3 is 2.75 bits per heavy atom. The minimum absolute atomic E-state index is 0. The van der Waals surface area contributed by atoms with Gasteiger partial charge in [0.1, 0.15) is 11.9 Å². The van der Waals surface area contributed by atoms with Crippen LogP contribution in [0.4, 0.5) is 0 Å². The molecule has 3 nitrogen and oxygen atoms in total. The van der Waals surface area contributed by atoms with E-state index in [1.165, 1.54) is 6.42 Å². The summed E-state index contributed by atoms with van der Waals surface area (Å²) in [5.74, 6) is 2.32. The molecule has 0 aromatic carbocycles. The highest BCUT2D eigenvalue weighted by atomic mass is 79.9. The minimum atomic E-state index is 0. The molecule has 0 radical (unpaired) electrons. The van der Waals surface area contributed by atoms with Crippen LogP contribution in [0.1, 0.15) is 6.42 Å². The number of aromatic nitrogens is 1. The fourth-order valence-corrected chi connectivity index (χ4v) is 2.84. The van der Waals surface area contributed by atoms with Crippen LogP contribution in [0.25, 0.3) is 0 Å². The molecule has 16 heavy (non-hydrogen) atoms. The Hall–Kier alpha value is -0.320. The van der Waals surface area contributed by atoms with E-state index in [9.17, 15) is 0 Å². The summed E-state index contributed by atoms with van der Waals surface area (Å²) in [6.45, 7) is 2.20. The van der Waals surface area contributed by atoms with Crippen molar-refractivity contribution in [3.63, 3.8) is 0 Å². The SMILES string of the molecule is Brc1cnccc1OC1[C@@H]2CNC[C@H]1C2.Cl. The first-order valence-corrected chi connectivity index (χ1v) is 6.11. The zero-order chi connectivity index (χ0) is 10.3. The quantitative estimate of drug-likeness (QED) is 0.910. The summed E-state index contributed by atoms with van der Waals surface area (Å²) in [7, 11) is 0. The Bertz CT molecular complexity index is 363. The Morgan fingerprint density at radius 2 is 2.12 bits per heavy atom. The summed E-state index contributed by atoms with van der Waals surface area (Å²) < 4.78 is 6.97. The van der Waals surface area contributed by atoms with Crippen molar-refractivity contribution in [3.05, 3.63) is 22.9 Å². The number of halogens is 2. The molecule has 3 rings (SSSR count). The summed E-state index contributed by atoms with van der Waals surface area (Å²) in [5, 5.41) is 3.41. The monoisotopic (exact) mass is 304 g/mol. The smallest absolute Gasteiger partial charge is 0.137 e. The maximum absolute atomic E-state index is 6.02. The van der Waals surface area contributed by atoms with Gasteiger partial charge < -0.3 is 10.1 Å². The fraction of sp³-hybridized carbons (Fsp3) is 0.545. The average Bonchev–Trinajstić information content (AvgIpc) is 2.29. The zero-order valence-electron chi connectivity index (χ0n) is 8.73. The van der Waals surface area contributed by atoms with E-state index < -0.39 is 0 Å². The van der Waals surface area contributed by atoms with Crippen molar-refractivity contribution in [1.82, 2.24) is 10.3 Å². The number of ether oxygens (including phenoxy) is 1. The van der Waals surface area contributed by atoms with Gasteiger partial charge in [0.15, 0.2) is 0 Å². The van der Waals surface area contributed by atoms with Crippen molar-refractivity contribution in [3.8, 4) is 5.75 Å². The van der Waals surface area contributed by atoms with Gasteiger partial charge in [-0.2, -0.15) is 0 Å². The second-order valence-corrected chi connectivity index (χ2v) is 5.16. The molecule has 1 saturated heterocycles. The number of fused-ring (bicyclic) bond motifs is 2. The third-order valence-electron chi connectivity index (χ3n) is 3.35. The molecule has 1 unspecified atom stereocenters. The molecule has 5 heteroatoms. The molecule has 1 N–H and O–H groups in total. The molecule has 2 heterocycles. The van der Waals surface area contributed by atoms with Crippen LogP contribution in [-0.4, -0.2) is 24.2 Å². The molecular weight excluding hydrogens is 291 g/mol. The van der Waals surface area contributed by atoms with Gasteiger partial charge in [-0.1, -0.05) is 0 Å². The van der Waals surface area contributed by atoms with Gasteiger partial charge in [-0.05, 0) is 28.4 Å². The fourth-order valence-electron chi connectivity index (χ4n) is 2.50. The molecule has 1 saturated carbocycles. The maximum Gasteiger partial charge on any atom is 0.137 e. The third-order valence-corrected chi connectivity index (χ3v) is 3.94. The Kier molecular flexibility index (Phi) is 3.72. The first-order chi connectivity index (χ1) is 7.34. The van der Waals surface area contributed by atoms with E-state index in [0.29, 0.717) is 17.9 Å². The van der Waals surface area contributed by atoms with E-state index in [1.54, 1.807) is 12.4 Å². The van der Waals surface area contributed by atoms with Crippen LogP contribution < -0.4 is 10.1 Å². The second kappa shape index (κ2) is 4.90. The number of pyridine rings is 1. The molecule has 1 aromatic rings. The molecule has 2 aliphatic rings. The molecule has 1 aliphatic heterocycles. The van der Waals surface area contributed by atoms with Crippen molar-refractivity contribution in [1.29, 1.82) is 0 Å². The highest BCUT2D eigenvalue weighted by molar-refractivity contribution is 9.10. The molecule has 0 amide bonds. The van der Waals surface area contributed by atoms with E-state index in [0.717, 1.165) is 23.3 Å². The van der Waals surface area contributed by atoms with Gasteiger partial charge >= 0.3 is 0 Å². The van der Waals surface area contributed by atoms with E-state index >= 15 is 0 Å². The number of rotatable bonds is 2. The topological polar surface area (TPSA) is 34.1 Å². The van der Waals surface area contributed by atoms with Crippen LogP contribution in [0.3, 0.4) is 0 Å². The van der Waals surface area contributed by atoms with Crippen LogP contribution >= 0.6 is 28.3 Å². The van der Waals surface area contributed by atoms with Gasteiger partial charge in [0.2, 0.25) is 0 Å². The lowest BCUT2D eigenvalue weighted by molar-refractivity contribution is -0.0450. The van der Waals surface area contributed by atoms with Gasteiger partial charge in [0.05, 0.1) is 4.47 Å². The summed E-state index contributed by atoms with van der Waals surface area (Å²) in [4.78, 5) is 4.03. The van der Waals surface area contributed by atoms with Gasteiger partial charge in [0.25, 0.3) is 0 Å². The van der Waals surface area contributed by atoms with Crippen molar-refractivity contribution in [2.24, 2.45) is 11.8 Å². The first kappa shape index (κ1) is 12.1. The number of piperidine rings is 2. The Balaban J connectivity index is 0.000000963. The van der Waals surface area contributed by atoms with Crippen LogP contribution in [0, 0.1) is 11.8 Å². The highest BCUT2D eigenvalue weighted by Gasteiger charge is 2.45. The summed E-state index contributed by atoms with van der Waals surface area (Å²) in [6, 6.07) is 1.92. The number of nitrogens with zero attached hydrogens (tertiary/aromatic N) is 1. The van der Waals surface area contributed by atoms with Crippen LogP contribution in [0.15, 0.2) is 22.9 Å². The van der Waals surface area contributed by atoms with Crippen molar-refractivity contribution >= 4 is 28.3 Å². The predicted molar refractivity (Wildman–Crippen MR) is 68.1 cm³/mol. The maximum atomic E-state index is 6.02. The Labute approximate surface area is 110 Å². The zero-order valence-corrected chi connectivity index (χ0v) is 11.1. The number of hydrogen-bond acceptors (Lipinski definition) is 3. The van der Waals surface area contributed by atoms with E-state index in [-0.39, 0.29) is 12.4 Å². The lowest BCUT2D eigenvalue weighted by atomic mass is 9.69. The average molecular weight is 306 g/mol. The largest absolute Gasteiger partial charge is 0.488 e. The summed E-state index contributed by atoms with van der Waals surface area (Å²) in [6.07, 6.45) is 5.28. The summed E-state index contributed by atoms with van der Waals surface area (Å²) >= 11 is 3.45. The van der Waals surface area contributed by atoms with Gasteiger partial charge in [0, 0.05) is 37.3 Å². The first-order valence-electron chi connectivity index (χ1n) is 5.31. The van der Waals surface area contributed by atoms with Crippen molar-refractivity contribution in [2.75, 3.05) is 13.1 Å². The third kappa shape index (κ3) is 2.06. The molecule has 3 atom stereocenters. The Morgan fingerprint density at radius 1 is 1.38 bits per heavy atom. The predicted octanol–water partition coefficient (Wildman–Crippen LogP) is 2.25. The second-order valence-electron chi connectivity index (χ2n) is 4.30. The molecular formula is C11H14BrClN2O. The normalized spacial score (nSPS) is 31.2. The van der Waals surface area contributed by atoms with Gasteiger partial charge in [-0.15, -0.1) is 12.4 Å². The van der Waals surface area contributed by atoms with E-state index in [2.05, 4.69) is 26.2 Å². The molecule has 1 aliphatic carbocycles. The van der Waals surface area contributed by atoms with Gasteiger partial charge in [-0.3, -0.25) is 4.98 Å². The molecule has 1 aromatic heterocycles. The molecule has 0 spiro atoms. The highest BCUT2D eigenvalue weighted by Crippen LogP contribution is 2.40. The van der Waals surface area contributed by atoms with E-state index in [1.807, 2.05) is 6.07 Å². The van der Waals surface area contributed by atoms with Gasteiger partial charge in [-0.25, -0.2) is 0 Å². The van der Waals surface area contributed by atoms with Crippen molar-refractivity contribution < 1.29 is 4.74 Å². The van der Waals surface area contributed by atoms with Crippen molar-refractivity contribution in [2.45, 2.75) is 12.5 Å². The molecule has 2 bridgehead atoms. The van der Waals surface area contributed by atoms with Crippen LogP contribution in [0.2, 0.25) is 0 Å². The van der Waals surface area contributed by atoms with E-state index in [4.69, 9.17) is 4.74 Å². The number of nitrogens with one attached hydrogen (secondary N) is 1. The minimum Gasteiger partial charge on any atom is -0.488 e. The lowest BCUT2D eigenvalue weighted by Gasteiger charge is -2.49. The number of hydrogen-bond donors (Lipinski definition) is 1. The molecule has 88 valence electrons. The molecule has 2 fully saturated rings. The van der Waals surface area contributed by atoms with Crippen LogP contribution in [0.5, 0.6) is 5.75 Å². The summed E-state index contributed by atoms with van der Waals surface area (Å²) in [5.41, 5.74) is 0. The lowest BCUT2D eigenvalue weighted by Crippen LogP contribution is -2.59. The standard InChI is InChI=1S/C11H13BrN2O.ClH/c12-9-6-13-2-1-10(9)15-11-7-3-8(11)5-14-4-7;/h1-2,6-8,11,14H,3-5H2;1H/t7-,8+,11?;.